The first-order valence-electron chi connectivity index (χ1n) is 8.39. The highest BCUT2D eigenvalue weighted by Gasteiger charge is 2.40. The molecule has 8 nitrogen and oxygen atoms in total. The van der Waals surface area contributed by atoms with Crippen molar-refractivity contribution in [1.29, 1.82) is 0 Å². The van der Waals surface area contributed by atoms with E-state index in [-0.39, 0.29) is 11.4 Å². The van der Waals surface area contributed by atoms with E-state index in [1.54, 1.807) is 12.1 Å². The number of anilines is 1. The number of alkyl halides is 3. The Morgan fingerprint density at radius 3 is 2.50 bits per heavy atom. The number of nitrogens with zero attached hydrogens (tertiary/aromatic N) is 6. The lowest BCUT2D eigenvalue weighted by Gasteiger charge is -2.13. The predicted molar refractivity (Wildman–Crippen MR) is 101 cm³/mol. The van der Waals surface area contributed by atoms with Crippen LogP contribution in [0, 0.1) is 0 Å². The number of aromatic nitrogens is 6. The molecule has 1 amide bonds. The van der Waals surface area contributed by atoms with Crippen LogP contribution in [0.3, 0.4) is 0 Å². The molecule has 0 bridgehead atoms. The molecule has 12 heteroatoms. The van der Waals surface area contributed by atoms with Gasteiger partial charge in [0.1, 0.15) is 6.33 Å². The second kappa shape index (κ2) is 7.59. The van der Waals surface area contributed by atoms with Gasteiger partial charge in [0.15, 0.2) is 5.69 Å². The largest absolute Gasteiger partial charge is 0.434 e. The van der Waals surface area contributed by atoms with E-state index < -0.39 is 23.3 Å². The van der Waals surface area contributed by atoms with Crippen molar-refractivity contribution in [3.8, 4) is 11.4 Å². The summed E-state index contributed by atoms with van der Waals surface area (Å²) in [5, 5.41) is 17.3. The maximum atomic E-state index is 13.8. The van der Waals surface area contributed by atoms with Crippen LogP contribution in [0.1, 0.15) is 16.1 Å². The molecule has 0 radical (unpaired) electrons. The van der Waals surface area contributed by atoms with Gasteiger partial charge in [0, 0.05) is 10.7 Å². The third-order valence-corrected chi connectivity index (χ3v) is 4.32. The minimum atomic E-state index is -4.82. The summed E-state index contributed by atoms with van der Waals surface area (Å²) in [5.41, 5.74) is -0.915. The van der Waals surface area contributed by atoms with Crippen molar-refractivity contribution < 1.29 is 18.0 Å². The highest BCUT2D eigenvalue weighted by molar-refractivity contribution is 6.30. The number of halogens is 4. The van der Waals surface area contributed by atoms with Gasteiger partial charge >= 0.3 is 6.18 Å². The zero-order valence-corrected chi connectivity index (χ0v) is 15.6. The molecule has 0 spiro atoms. The lowest BCUT2D eigenvalue weighted by atomic mass is 10.2. The first kappa shape index (κ1) is 19.6. The van der Waals surface area contributed by atoms with E-state index in [4.69, 9.17) is 11.6 Å². The summed E-state index contributed by atoms with van der Waals surface area (Å²) < 4.78 is 43.3. The minimum Gasteiger partial charge on any atom is -0.322 e. The minimum absolute atomic E-state index is 0.117. The maximum Gasteiger partial charge on any atom is 0.434 e. The van der Waals surface area contributed by atoms with Crippen LogP contribution in [0.5, 0.6) is 0 Å². The Kier molecular flexibility index (Phi) is 4.96. The van der Waals surface area contributed by atoms with Gasteiger partial charge in [0.25, 0.3) is 5.91 Å². The molecule has 0 aliphatic rings. The van der Waals surface area contributed by atoms with E-state index in [1.165, 1.54) is 47.4 Å². The molecular formula is C18H11ClF3N7O. The van der Waals surface area contributed by atoms with E-state index in [0.29, 0.717) is 15.4 Å². The van der Waals surface area contributed by atoms with E-state index in [1.807, 2.05) is 0 Å². The van der Waals surface area contributed by atoms with Gasteiger partial charge in [-0.25, -0.2) is 9.36 Å². The normalized spacial score (nSPS) is 11.5. The number of nitrogens with one attached hydrogen (secondary N) is 1. The second-order valence-corrected chi connectivity index (χ2v) is 6.49. The van der Waals surface area contributed by atoms with Crippen molar-refractivity contribution in [1.82, 2.24) is 30.0 Å². The van der Waals surface area contributed by atoms with Crippen molar-refractivity contribution in [2.75, 3.05) is 5.32 Å². The molecule has 2 heterocycles. The Hall–Kier alpha value is -3.73. The zero-order chi connectivity index (χ0) is 21.3. The molecular weight excluding hydrogens is 423 g/mol. The van der Waals surface area contributed by atoms with Crippen LogP contribution in [0.15, 0.2) is 61.1 Å². The maximum absolute atomic E-state index is 13.8. The molecule has 0 saturated heterocycles. The van der Waals surface area contributed by atoms with Crippen molar-refractivity contribution in [2.24, 2.45) is 0 Å². The molecule has 4 aromatic rings. The number of hydrogen-bond donors (Lipinski definition) is 1. The van der Waals surface area contributed by atoms with E-state index >= 15 is 0 Å². The van der Waals surface area contributed by atoms with Crippen LogP contribution in [0.4, 0.5) is 18.9 Å². The van der Waals surface area contributed by atoms with Crippen LogP contribution >= 0.6 is 11.6 Å². The number of hydrogen-bond acceptors (Lipinski definition) is 5. The molecule has 2 aromatic carbocycles. The smallest absolute Gasteiger partial charge is 0.322 e. The van der Waals surface area contributed by atoms with E-state index in [2.05, 4.69) is 25.9 Å². The topological polar surface area (TPSA) is 90.5 Å². The SMILES string of the molecule is O=C(Nc1cccc(-n2cnnn2)c1)c1cnn(-c2ccc(Cl)cc2)c1C(F)(F)F. The van der Waals surface area contributed by atoms with Gasteiger partial charge in [-0.05, 0) is 52.9 Å². The van der Waals surface area contributed by atoms with Gasteiger partial charge < -0.3 is 5.32 Å². The monoisotopic (exact) mass is 433 g/mol. The quantitative estimate of drug-likeness (QED) is 0.529. The predicted octanol–water partition coefficient (Wildman–Crippen LogP) is 3.77. The molecule has 0 atom stereocenters. The first-order chi connectivity index (χ1) is 14.3. The average molecular weight is 434 g/mol. The van der Waals surface area contributed by atoms with Gasteiger partial charge in [0.2, 0.25) is 0 Å². The van der Waals surface area contributed by atoms with Crippen LogP contribution in [0.25, 0.3) is 11.4 Å². The number of carbonyl (C=O) groups is 1. The zero-order valence-electron chi connectivity index (χ0n) is 14.9. The fourth-order valence-corrected chi connectivity index (χ4v) is 2.90. The van der Waals surface area contributed by atoms with Crippen LogP contribution < -0.4 is 5.32 Å². The Labute approximate surface area is 171 Å². The van der Waals surface area contributed by atoms with Crippen LogP contribution in [-0.2, 0) is 6.18 Å². The highest BCUT2D eigenvalue weighted by atomic mass is 35.5. The number of tetrazole rings is 1. The first-order valence-corrected chi connectivity index (χ1v) is 8.76. The molecule has 0 fully saturated rings. The van der Waals surface area contributed by atoms with Crippen LogP contribution in [-0.4, -0.2) is 35.9 Å². The van der Waals surface area contributed by atoms with Gasteiger partial charge in [0.05, 0.1) is 23.1 Å². The van der Waals surface area contributed by atoms with Crippen molar-refractivity contribution >= 4 is 23.2 Å². The Bertz CT molecular complexity index is 1190. The average Bonchev–Trinajstić information content (AvgIpc) is 3.39. The molecule has 0 aliphatic heterocycles. The van der Waals surface area contributed by atoms with Gasteiger partial charge in [-0.1, -0.05) is 17.7 Å². The fraction of sp³-hybridized carbons (Fsp3) is 0.0556. The Balaban J connectivity index is 1.68. The molecule has 152 valence electrons. The Morgan fingerprint density at radius 1 is 1.07 bits per heavy atom. The summed E-state index contributed by atoms with van der Waals surface area (Å²) in [6.07, 6.45) is -2.60. The number of rotatable bonds is 4. The van der Waals surface area contributed by atoms with Crippen LogP contribution in [0.2, 0.25) is 5.02 Å². The molecule has 1 N–H and O–H groups in total. The second-order valence-electron chi connectivity index (χ2n) is 6.05. The van der Waals surface area contributed by atoms with E-state index in [0.717, 1.165) is 6.20 Å². The van der Waals surface area contributed by atoms with Gasteiger partial charge in [-0.2, -0.15) is 18.3 Å². The fourth-order valence-electron chi connectivity index (χ4n) is 2.77. The number of carbonyl (C=O) groups excluding carboxylic acids is 1. The third-order valence-electron chi connectivity index (χ3n) is 4.07. The van der Waals surface area contributed by atoms with Gasteiger partial charge in [-0.3, -0.25) is 4.79 Å². The molecule has 30 heavy (non-hydrogen) atoms. The Morgan fingerprint density at radius 2 is 1.83 bits per heavy atom. The standard InChI is InChI=1S/C18H11ClF3N7O/c19-11-4-6-13(7-5-11)29-16(18(20,21)22)15(9-24-29)17(30)25-12-2-1-3-14(8-12)28-10-23-26-27-28/h1-10H,(H,25,30). The third kappa shape index (κ3) is 3.87. The van der Waals surface area contributed by atoms with Crippen molar-refractivity contribution in [2.45, 2.75) is 6.18 Å². The van der Waals surface area contributed by atoms with Crippen molar-refractivity contribution in [3.63, 3.8) is 0 Å². The summed E-state index contributed by atoms with van der Waals surface area (Å²) in [6.45, 7) is 0. The summed E-state index contributed by atoms with van der Waals surface area (Å²) in [6, 6.07) is 11.9. The summed E-state index contributed by atoms with van der Waals surface area (Å²) in [5.74, 6) is -0.962. The molecule has 4 rings (SSSR count). The van der Waals surface area contributed by atoms with Crippen molar-refractivity contribution in [3.05, 3.63) is 77.3 Å². The lowest BCUT2D eigenvalue weighted by Crippen LogP contribution is -2.20. The molecule has 0 saturated carbocycles. The highest BCUT2D eigenvalue weighted by Crippen LogP contribution is 2.34. The number of amides is 1. The lowest BCUT2D eigenvalue weighted by molar-refractivity contribution is -0.143. The van der Waals surface area contributed by atoms with E-state index in [9.17, 15) is 18.0 Å². The summed E-state index contributed by atoms with van der Waals surface area (Å²) in [7, 11) is 0. The molecule has 0 aliphatic carbocycles. The number of benzene rings is 2. The molecule has 0 unspecified atom stereocenters. The summed E-state index contributed by atoms with van der Waals surface area (Å²) in [4.78, 5) is 12.6. The summed E-state index contributed by atoms with van der Waals surface area (Å²) >= 11 is 5.79. The molecule has 2 aromatic heterocycles. The van der Waals surface area contributed by atoms with Gasteiger partial charge in [-0.15, -0.1) is 5.10 Å².